The molecule has 0 heterocycles. The average Bonchev–Trinajstić information content (AvgIpc) is 2.59. The molecule has 0 spiro atoms. The molecule has 0 fully saturated rings. The predicted molar refractivity (Wildman–Crippen MR) is 97.0 cm³/mol. The molecule has 0 aliphatic rings. The van der Waals surface area contributed by atoms with Crippen LogP contribution in [0, 0.1) is 6.92 Å². The van der Waals surface area contributed by atoms with E-state index in [4.69, 9.17) is 4.74 Å². The fourth-order valence-corrected chi connectivity index (χ4v) is 2.91. The lowest BCUT2D eigenvalue weighted by Gasteiger charge is -2.11. The zero-order valence-electron chi connectivity index (χ0n) is 13.1. The molecule has 0 radical (unpaired) electrons. The normalized spacial score (nSPS) is 11.0. The van der Waals surface area contributed by atoms with Gasteiger partial charge in [0.1, 0.15) is 12.4 Å². The Morgan fingerprint density at radius 1 is 0.696 bits per heavy atom. The van der Waals surface area contributed by atoms with Crippen molar-refractivity contribution in [2.24, 2.45) is 0 Å². The van der Waals surface area contributed by atoms with Crippen LogP contribution in [0.5, 0.6) is 5.75 Å². The summed E-state index contributed by atoms with van der Waals surface area (Å²) in [5.41, 5.74) is 2.46. The van der Waals surface area contributed by atoms with E-state index in [2.05, 4.69) is 79.7 Å². The molecule has 0 aromatic heterocycles. The van der Waals surface area contributed by atoms with E-state index in [0.29, 0.717) is 6.61 Å². The number of hydrogen-bond donors (Lipinski definition) is 0. The minimum absolute atomic E-state index is 0.590. The van der Waals surface area contributed by atoms with Gasteiger partial charge in [-0.25, -0.2) is 0 Å². The van der Waals surface area contributed by atoms with Crippen molar-refractivity contribution in [3.63, 3.8) is 0 Å². The lowest BCUT2D eigenvalue weighted by Crippen LogP contribution is -1.96. The van der Waals surface area contributed by atoms with E-state index in [1.165, 1.54) is 32.7 Å². The molecule has 0 atom stereocenters. The SMILES string of the molecule is Cc1ccc(COc2cccc3cc4ccccc4cc23)cc1. The second kappa shape index (κ2) is 5.77. The maximum absolute atomic E-state index is 6.09. The van der Waals surface area contributed by atoms with Crippen LogP contribution in [0.2, 0.25) is 0 Å². The highest BCUT2D eigenvalue weighted by molar-refractivity contribution is 6.00. The van der Waals surface area contributed by atoms with Crippen molar-refractivity contribution in [2.45, 2.75) is 13.5 Å². The van der Waals surface area contributed by atoms with Crippen LogP contribution in [0.4, 0.5) is 0 Å². The Hall–Kier alpha value is -2.80. The highest BCUT2D eigenvalue weighted by Crippen LogP contribution is 2.30. The largest absolute Gasteiger partial charge is 0.488 e. The molecule has 1 nitrogen and oxygen atoms in total. The monoisotopic (exact) mass is 298 g/mol. The molecule has 4 aromatic carbocycles. The molecule has 1 heteroatoms. The van der Waals surface area contributed by atoms with Crippen molar-refractivity contribution in [3.8, 4) is 5.75 Å². The summed E-state index contributed by atoms with van der Waals surface area (Å²) < 4.78 is 6.09. The van der Waals surface area contributed by atoms with Crippen LogP contribution in [0.3, 0.4) is 0 Å². The van der Waals surface area contributed by atoms with E-state index in [9.17, 15) is 0 Å². The highest BCUT2D eigenvalue weighted by Gasteiger charge is 2.04. The van der Waals surface area contributed by atoms with Crippen LogP contribution in [0.25, 0.3) is 21.5 Å². The van der Waals surface area contributed by atoms with Crippen molar-refractivity contribution in [1.82, 2.24) is 0 Å². The molecule has 0 N–H and O–H groups in total. The fraction of sp³-hybridized carbons (Fsp3) is 0.0909. The first-order chi connectivity index (χ1) is 11.3. The van der Waals surface area contributed by atoms with Crippen LogP contribution in [0.1, 0.15) is 11.1 Å². The van der Waals surface area contributed by atoms with E-state index in [1.807, 2.05) is 6.07 Å². The van der Waals surface area contributed by atoms with E-state index in [-0.39, 0.29) is 0 Å². The summed E-state index contributed by atoms with van der Waals surface area (Å²) in [6.45, 7) is 2.69. The predicted octanol–water partition coefficient (Wildman–Crippen LogP) is 5.88. The minimum atomic E-state index is 0.590. The van der Waals surface area contributed by atoms with Crippen LogP contribution in [0.15, 0.2) is 78.9 Å². The molecule has 0 saturated carbocycles. The van der Waals surface area contributed by atoms with Crippen molar-refractivity contribution in [1.29, 1.82) is 0 Å². The van der Waals surface area contributed by atoms with Crippen LogP contribution in [-0.2, 0) is 6.61 Å². The quantitative estimate of drug-likeness (QED) is 0.429. The Bertz CT molecular complexity index is 968. The van der Waals surface area contributed by atoms with E-state index >= 15 is 0 Å². The molecular weight excluding hydrogens is 280 g/mol. The Morgan fingerprint density at radius 3 is 2.17 bits per heavy atom. The van der Waals surface area contributed by atoms with Gasteiger partial charge >= 0.3 is 0 Å². The number of rotatable bonds is 3. The summed E-state index contributed by atoms with van der Waals surface area (Å²) in [7, 11) is 0. The molecular formula is C22H18O. The Kier molecular flexibility index (Phi) is 3.47. The number of hydrogen-bond acceptors (Lipinski definition) is 1. The summed E-state index contributed by atoms with van der Waals surface area (Å²) in [6, 6.07) is 27.6. The van der Waals surface area contributed by atoms with Crippen LogP contribution < -0.4 is 4.74 Å². The molecule has 0 bridgehead atoms. The van der Waals surface area contributed by atoms with Gasteiger partial charge in [-0.05, 0) is 46.8 Å². The minimum Gasteiger partial charge on any atom is -0.488 e. The maximum atomic E-state index is 6.09. The Balaban J connectivity index is 1.71. The van der Waals surface area contributed by atoms with Gasteiger partial charge in [0, 0.05) is 5.39 Å². The van der Waals surface area contributed by atoms with Crippen molar-refractivity contribution in [3.05, 3.63) is 90.0 Å². The lowest BCUT2D eigenvalue weighted by molar-refractivity contribution is 0.310. The van der Waals surface area contributed by atoms with Crippen molar-refractivity contribution >= 4 is 21.5 Å². The van der Waals surface area contributed by atoms with Crippen molar-refractivity contribution < 1.29 is 4.74 Å². The molecule has 112 valence electrons. The Labute approximate surface area is 136 Å². The maximum Gasteiger partial charge on any atom is 0.127 e. The van der Waals surface area contributed by atoms with Gasteiger partial charge in [-0.1, -0.05) is 66.2 Å². The van der Waals surface area contributed by atoms with Gasteiger partial charge < -0.3 is 4.74 Å². The van der Waals surface area contributed by atoms with Crippen molar-refractivity contribution in [2.75, 3.05) is 0 Å². The Morgan fingerprint density at radius 2 is 1.39 bits per heavy atom. The molecule has 0 aliphatic carbocycles. The van der Waals surface area contributed by atoms with Crippen LogP contribution in [-0.4, -0.2) is 0 Å². The van der Waals surface area contributed by atoms with Gasteiger partial charge in [0.05, 0.1) is 0 Å². The first-order valence-corrected chi connectivity index (χ1v) is 7.89. The smallest absolute Gasteiger partial charge is 0.127 e. The zero-order valence-corrected chi connectivity index (χ0v) is 13.1. The number of benzene rings is 4. The van der Waals surface area contributed by atoms with Gasteiger partial charge in [0.2, 0.25) is 0 Å². The lowest BCUT2D eigenvalue weighted by atomic mass is 10.0. The van der Waals surface area contributed by atoms with Crippen LogP contribution >= 0.6 is 0 Å². The fourth-order valence-electron chi connectivity index (χ4n) is 2.91. The second-order valence-corrected chi connectivity index (χ2v) is 5.95. The van der Waals surface area contributed by atoms with E-state index < -0.39 is 0 Å². The molecule has 4 aromatic rings. The molecule has 4 rings (SSSR count). The van der Waals surface area contributed by atoms with Gasteiger partial charge in [0.15, 0.2) is 0 Å². The molecule has 0 aliphatic heterocycles. The number of fused-ring (bicyclic) bond motifs is 2. The summed E-state index contributed by atoms with van der Waals surface area (Å²) in [6.07, 6.45) is 0. The molecule has 0 saturated heterocycles. The first-order valence-electron chi connectivity index (χ1n) is 7.89. The third kappa shape index (κ3) is 2.78. The summed E-state index contributed by atoms with van der Waals surface area (Å²) >= 11 is 0. The van der Waals surface area contributed by atoms with Gasteiger partial charge in [-0.3, -0.25) is 0 Å². The number of ether oxygens (including phenoxy) is 1. The molecule has 0 unspecified atom stereocenters. The van der Waals surface area contributed by atoms with Gasteiger partial charge in [-0.2, -0.15) is 0 Å². The van der Waals surface area contributed by atoms with E-state index in [1.54, 1.807) is 0 Å². The highest BCUT2D eigenvalue weighted by atomic mass is 16.5. The van der Waals surface area contributed by atoms with Gasteiger partial charge in [0.25, 0.3) is 0 Å². The topological polar surface area (TPSA) is 9.23 Å². The summed E-state index contributed by atoms with van der Waals surface area (Å²) in [4.78, 5) is 0. The summed E-state index contributed by atoms with van der Waals surface area (Å²) in [5, 5.41) is 4.88. The van der Waals surface area contributed by atoms with E-state index in [0.717, 1.165) is 5.75 Å². The standard InChI is InChI=1S/C22H18O/c1-16-9-11-17(12-10-16)15-23-22-8-4-7-20-13-18-5-2-3-6-19(18)14-21(20)22/h2-14H,15H2,1H3. The first kappa shape index (κ1) is 13.8. The average molecular weight is 298 g/mol. The zero-order chi connectivity index (χ0) is 15.6. The van der Waals surface area contributed by atoms with Gasteiger partial charge in [-0.15, -0.1) is 0 Å². The second-order valence-electron chi connectivity index (χ2n) is 5.95. The molecule has 0 amide bonds. The molecule has 23 heavy (non-hydrogen) atoms. The number of aryl methyl sites for hydroxylation is 1. The third-order valence-electron chi connectivity index (χ3n) is 4.22. The third-order valence-corrected chi connectivity index (χ3v) is 4.22. The summed E-state index contributed by atoms with van der Waals surface area (Å²) in [5.74, 6) is 0.939.